The lowest BCUT2D eigenvalue weighted by Crippen LogP contribution is -2.30. The molecule has 0 spiro atoms. The topological polar surface area (TPSA) is 38.3 Å². The number of benzene rings is 2. The summed E-state index contributed by atoms with van der Waals surface area (Å²) in [6.45, 7) is 1.74. The second kappa shape index (κ2) is 7.64. The van der Waals surface area contributed by atoms with E-state index in [2.05, 4.69) is 21.2 Å². The lowest BCUT2D eigenvalue weighted by atomic mass is 10.1. The first-order valence-corrected chi connectivity index (χ1v) is 9.17. The largest absolute Gasteiger partial charge is 0.481 e. The van der Waals surface area contributed by atoms with Crippen LogP contribution in [0.25, 0.3) is 10.4 Å². The summed E-state index contributed by atoms with van der Waals surface area (Å²) in [7, 11) is 0. The van der Waals surface area contributed by atoms with Crippen LogP contribution >= 0.6 is 27.3 Å². The summed E-state index contributed by atoms with van der Waals surface area (Å²) >= 11 is 5.02. The molecule has 3 nitrogen and oxygen atoms in total. The Kier molecular flexibility index (Phi) is 5.33. The highest BCUT2D eigenvalue weighted by Gasteiger charge is 2.16. The van der Waals surface area contributed by atoms with E-state index in [1.54, 1.807) is 18.3 Å². The number of carbonyl (C=O) groups excluding carboxylic acids is 1. The molecule has 0 unspecified atom stereocenters. The van der Waals surface area contributed by atoms with Crippen molar-refractivity contribution in [1.82, 2.24) is 0 Å². The highest BCUT2D eigenvalue weighted by atomic mass is 79.9. The van der Waals surface area contributed by atoms with Gasteiger partial charge in [-0.3, -0.25) is 4.79 Å². The van der Waals surface area contributed by atoms with Crippen LogP contribution in [0, 0.1) is 0 Å². The summed E-state index contributed by atoms with van der Waals surface area (Å²) < 4.78 is 6.67. The number of thiophene rings is 1. The zero-order valence-electron chi connectivity index (χ0n) is 13.0. The molecule has 1 aromatic heterocycles. The van der Waals surface area contributed by atoms with E-state index in [0.29, 0.717) is 5.75 Å². The minimum Gasteiger partial charge on any atom is -0.481 e. The first-order chi connectivity index (χ1) is 11.6. The quantitative estimate of drug-likeness (QED) is 0.605. The number of rotatable bonds is 5. The minimum absolute atomic E-state index is 0.179. The Morgan fingerprint density at radius 3 is 2.54 bits per heavy atom. The normalized spacial score (nSPS) is 11.8. The summed E-state index contributed by atoms with van der Waals surface area (Å²) in [6, 6.07) is 19.2. The molecule has 0 aliphatic rings. The van der Waals surface area contributed by atoms with Crippen LogP contribution < -0.4 is 10.1 Å². The second-order valence-electron chi connectivity index (χ2n) is 5.23. The molecular weight excluding hydrogens is 386 g/mol. The molecule has 0 aliphatic carbocycles. The number of anilines is 1. The predicted molar refractivity (Wildman–Crippen MR) is 103 cm³/mol. The Morgan fingerprint density at radius 1 is 1.08 bits per heavy atom. The number of carbonyl (C=O) groups is 1. The number of halogens is 1. The SMILES string of the molecule is C[C@H](Oc1ccc(Br)cc1)C(=O)Nc1ccccc1-c1cccs1. The van der Waals surface area contributed by atoms with E-state index in [0.717, 1.165) is 20.6 Å². The predicted octanol–water partition coefficient (Wildman–Crippen LogP) is 5.58. The van der Waals surface area contributed by atoms with Crippen LogP contribution in [0.4, 0.5) is 5.69 Å². The van der Waals surface area contributed by atoms with Gasteiger partial charge in [-0.15, -0.1) is 11.3 Å². The second-order valence-corrected chi connectivity index (χ2v) is 7.09. The van der Waals surface area contributed by atoms with E-state index in [1.807, 2.05) is 66.0 Å². The maximum atomic E-state index is 12.5. The molecule has 5 heteroatoms. The Bertz CT molecular complexity index is 816. The van der Waals surface area contributed by atoms with Crippen molar-refractivity contribution in [3.8, 4) is 16.2 Å². The Labute approximate surface area is 153 Å². The van der Waals surface area contributed by atoms with Crippen molar-refractivity contribution in [2.45, 2.75) is 13.0 Å². The van der Waals surface area contributed by atoms with Gasteiger partial charge >= 0.3 is 0 Å². The summed E-state index contributed by atoms with van der Waals surface area (Å²) in [5.41, 5.74) is 1.80. The molecule has 2 aromatic carbocycles. The number of hydrogen-bond acceptors (Lipinski definition) is 3. The zero-order chi connectivity index (χ0) is 16.9. The monoisotopic (exact) mass is 401 g/mol. The molecule has 0 aliphatic heterocycles. The molecule has 122 valence electrons. The van der Waals surface area contributed by atoms with E-state index in [9.17, 15) is 4.79 Å². The summed E-state index contributed by atoms with van der Waals surface area (Å²) in [4.78, 5) is 13.6. The van der Waals surface area contributed by atoms with Gasteiger partial charge in [0.05, 0.1) is 0 Å². The van der Waals surface area contributed by atoms with E-state index in [4.69, 9.17) is 4.74 Å². The molecule has 1 heterocycles. The fraction of sp³-hybridized carbons (Fsp3) is 0.105. The van der Waals surface area contributed by atoms with Crippen molar-refractivity contribution in [2.24, 2.45) is 0 Å². The van der Waals surface area contributed by atoms with Gasteiger partial charge in [0, 0.05) is 20.6 Å². The lowest BCUT2D eigenvalue weighted by Gasteiger charge is -2.16. The third kappa shape index (κ3) is 4.04. The molecule has 0 fully saturated rings. The fourth-order valence-electron chi connectivity index (χ4n) is 2.24. The molecular formula is C19H16BrNO2S. The van der Waals surface area contributed by atoms with E-state index in [1.165, 1.54) is 0 Å². The highest BCUT2D eigenvalue weighted by molar-refractivity contribution is 9.10. The van der Waals surface area contributed by atoms with Gasteiger partial charge in [0.2, 0.25) is 0 Å². The van der Waals surface area contributed by atoms with Crippen LogP contribution in [-0.2, 0) is 4.79 Å². The molecule has 0 saturated carbocycles. The van der Waals surface area contributed by atoms with Gasteiger partial charge in [0.1, 0.15) is 5.75 Å². The van der Waals surface area contributed by atoms with Gasteiger partial charge in [-0.25, -0.2) is 0 Å². The Balaban J connectivity index is 1.72. The average Bonchev–Trinajstić information content (AvgIpc) is 3.11. The smallest absolute Gasteiger partial charge is 0.265 e. The van der Waals surface area contributed by atoms with Gasteiger partial charge < -0.3 is 10.1 Å². The van der Waals surface area contributed by atoms with Crippen LogP contribution in [0.1, 0.15) is 6.92 Å². The summed E-state index contributed by atoms with van der Waals surface area (Å²) in [6.07, 6.45) is -0.595. The van der Waals surface area contributed by atoms with Gasteiger partial charge in [0.25, 0.3) is 5.91 Å². The molecule has 0 radical (unpaired) electrons. The van der Waals surface area contributed by atoms with Crippen LogP contribution in [0.2, 0.25) is 0 Å². The van der Waals surface area contributed by atoms with Gasteiger partial charge in [-0.05, 0) is 48.7 Å². The maximum absolute atomic E-state index is 12.5. The molecule has 0 bridgehead atoms. The van der Waals surface area contributed by atoms with E-state index < -0.39 is 6.10 Å². The first kappa shape index (κ1) is 16.7. The maximum Gasteiger partial charge on any atom is 0.265 e. The Morgan fingerprint density at radius 2 is 1.83 bits per heavy atom. The Hall–Kier alpha value is -2.11. The summed E-state index contributed by atoms with van der Waals surface area (Å²) in [5, 5.41) is 4.98. The fourth-order valence-corrected chi connectivity index (χ4v) is 3.27. The van der Waals surface area contributed by atoms with Crippen molar-refractivity contribution in [3.63, 3.8) is 0 Å². The molecule has 3 rings (SSSR count). The molecule has 24 heavy (non-hydrogen) atoms. The van der Waals surface area contributed by atoms with E-state index in [-0.39, 0.29) is 5.91 Å². The standard InChI is InChI=1S/C19H16BrNO2S/c1-13(23-15-10-8-14(20)9-11-15)19(22)21-17-6-3-2-5-16(17)18-7-4-12-24-18/h2-13H,1H3,(H,21,22)/t13-/m0/s1. The molecule has 1 N–H and O–H groups in total. The van der Waals surface area contributed by atoms with Gasteiger partial charge in [0.15, 0.2) is 6.10 Å². The molecule has 1 atom stereocenters. The number of amides is 1. The number of para-hydroxylation sites is 1. The summed E-state index contributed by atoms with van der Waals surface area (Å²) in [5.74, 6) is 0.481. The van der Waals surface area contributed by atoms with Crippen LogP contribution in [0.5, 0.6) is 5.75 Å². The van der Waals surface area contributed by atoms with Crippen molar-refractivity contribution in [2.75, 3.05) is 5.32 Å². The van der Waals surface area contributed by atoms with Crippen LogP contribution in [-0.4, -0.2) is 12.0 Å². The molecule has 3 aromatic rings. The zero-order valence-corrected chi connectivity index (χ0v) is 15.4. The van der Waals surface area contributed by atoms with Gasteiger partial charge in [-0.2, -0.15) is 0 Å². The van der Waals surface area contributed by atoms with Gasteiger partial charge in [-0.1, -0.05) is 40.2 Å². The van der Waals surface area contributed by atoms with E-state index >= 15 is 0 Å². The van der Waals surface area contributed by atoms with Crippen molar-refractivity contribution in [1.29, 1.82) is 0 Å². The lowest BCUT2D eigenvalue weighted by molar-refractivity contribution is -0.122. The number of hydrogen-bond donors (Lipinski definition) is 1. The highest BCUT2D eigenvalue weighted by Crippen LogP contribution is 2.31. The molecule has 1 amide bonds. The van der Waals surface area contributed by atoms with Crippen molar-refractivity contribution < 1.29 is 9.53 Å². The first-order valence-electron chi connectivity index (χ1n) is 7.49. The van der Waals surface area contributed by atoms with Crippen LogP contribution in [0.15, 0.2) is 70.5 Å². The third-order valence-electron chi connectivity index (χ3n) is 3.47. The minimum atomic E-state index is -0.595. The van der Waals surface area contributed by atoms with Crippen molar-refractivity contribution in [3.05, 3.63) is 70.5 Å². The van der Waals surface area contributed by atoms with Crippen LogP contribution in [0.3, 0.4) is 0 Å². The average molecular weight is 402 g/mol. The molecule has 0 saturated heterocycles. The number of ether oxygens (including phenoxy) is 1. The number of nitrogens with one attached hydrogen (secondary N) is 1. The van der Waals surface area contributed by atoms with Crippen molar-refractivity contribution >= 4 is 38.9 Å². The third-order valence-corrected chi connectivity index (χ3v) is 4.90.